The highest BCUT2D eigenvalue weighted by Gasteiger charge is 2.22. The van der Waals surface area contributed by atoms with Crippen LogP contribution in [0.4, 0.5) is 11.4 Å². The van der Waals surface area contributed by atoms with Crippen molar-refractivity contribution in [1.29, 1.82) is 0 Å². The number of non-ortho nitro benzene ring substituents is 1. The van der Waals surface area contributed by atoms with Gasteiger partial charge in [-0.05, 0) is 50.5 Å². The minimum Gasteiger partial charge on any atom is -0.491 e. The molecule has 0 saturated carbocycles. The quantitative estimate of drug-likeness (QED) is 0.320. The van der Waals surface area contributed by atoms with Crippen molar-refractivity contribution >= 4 is 27.3 Å². The molecule has 0 aliphatic heterocycles. The van der Waals surface area contributed by atoms with Gasteiger partial charge in [-0.1, -0.05) is 18.2 Å². The fraction of sp³-hybridized carbons (Fsp3) is 0.381. The van der Waals surface area contributed by atoms with E-state index in [1.807, 2.05) is 38.1 Å². The van der Waals surface area contributed by atoms with E-state index in [0.717, 1.165) is 34.4 Å². The van der Waals surface area contributed by atoms with Crippen molar-refractivity contribution < 1.29 is 22.9 Å². The third kappa shape index (κ3) is 7.89. The van der Waals surface area contributed by atoms with Crippen LogP contribution < -0.4 is 14.4 Å². The maximum Gasteiger partial charge on any atom is 0.271 e. The first-order valence-electron chi connectivity index (χ1n) is 9.80. The number of amides is 1. The minimum absolute atomic E-state index is 0.0653. The van der Waals surface area contributed by atoms with Gasteiger partial charge in [-0.15, -0.1) is 0 Å². The number of ether oxygens (including phenoxy) is 1. The third-order valence-corrected chi connectivity index (χ3v) is 5.42. The summed E-state index contributed by atoms with van der Waals surface area (Å²) in [7, 11) is -3.80. The zero-order valence-corrected chi connectivity index (χ0v) is 18.6. The second-order valence-electron chi connectivity index (χ2n) is 7.31. The Morgan fingerprint density at radius 3 is 2.45 bits per heavy atom. The number of hydrogen-bond acceptors (Lipinski definition) is 6. The number of nitrogens with zero attached hydrogens (tertiary/aromatic N) is 2. The number of carbonyl (C=O) groups excluding carboxylic acids is 1. The SMILES string of the molecule is CC(C)Oc1ccc(CCCNC(=O)CN(c2cccc([N+](=O)[O-])c2)S(C)(=O)=O)cc1. The highest BCUT2D eigenvalue weighted by Crippen LogP contribution is 2.23. The van der Waals surface area contributed by atoms with Gasteiger partial charge in [0.15, 0.2) is 0 Å². The van der Waals surface area contributed by atoms with E-state index in [4.69, 9.17) is 4.74 Å². The number of hydrogen-bond donors (Lipinski definition) is 1. The summed E-state index contributed by atoms with van der Waals surface area (Å²) in [6.45, 7) is 3.83. The first-order chi connectivity index (χ1) is 14.6. The fourth-order valence-electron chi connectivity index (χ4n) is 2.88. The fourth-order valence-corrected chi connectivity index (χ4v) is 3.72. The van der Waals surface area contributed by atoms with E-state index < -0.39 is 27.4 Å². The van der Waals surface area contributed by atoms with Gasteiger partial charge in [0.2, 0.25) is 15.9 Å². The standard InChI is InChI=1S/C21H27N3O6S/c1-16(2)30-20-11-9-17(10-12-20)6-5-13-22-21(25)15-23(31(3,28)29)18-7-4-8-19(14-18)24(26)27/h4,7-12,14,16H,5-6,13,15H2,1-3H3,(H,22,25). The number of carbonyl (C=O) groups is 1. The number of sulfonamides is 1. The molecule has 168 valence electrons. The molecule has 0 bridgehead atoms. The molecule has 0 spiro atoms. The molecule has 0 atom stereocenters. The molecule has 0 radical (unpaired) electrons. The molecule has 0 fully saturated rings. The van der Waals surface area contributed by atoms with Gasteiger partial charge in [0.25, 0.3) is 5.69 Å². The number of aryl methyl sites for hydroxylation is 1. The van der Waals surface area contributed by atoms with Crippen LogP contribution in [0.5, 0.6) is 5.75 Å². The van der Waals surface area contributed by atoms with Crippen LogP contribution in [0.25, 0.3) is 0 Å². The van der Waals surface area contributed by atoms with Crippen LogP contribution in [-0.4, -0.2) is 44.7 Å². The molecule has 0 aliphatic rings. The van der Waals surface area contributed by atoms with Crippen LogP contribution in [0.1, 0.15) is 25.8 Å². The molecule has 31 heavy (non-hydrogen) atoms. The summed E-state index contributed by atoms with van der Waals surface area (Å²) in [6.07, 6.45) is 2.47. The third-order valence-electron chi connectivity index (χ3n) is 4.28. The molecule has 9 nitrogen and oxygen atoms in total. The van der Waals surface area contributed by atoms with Crippen LogP contribution in [0.3, 0.4) is 0 Å². The molecule has 2 aromatic carbocycles. The van der Waals surface area contributed by atoms with E-state index in [0.29, 0.717) is 13.0 Å². The van der Waals surface area contributed by atoms with E-state index in [1.165, 1.54) is 18.2 Å². The van der Waals surface area contributed by atoms with E-state index in [9.17, 15) is 23.3 Å². The number of benzene rings is 2. The van der Waals surface area contributed by atoms with Gasteiger partial charge in [-0.2, -0.15) is 0 Å². The van der Waals surface area contributed by atoms with Crippen LogP contribution >= 0.6 is 0 Å². The lowest BCUT2D eigenvalue weighted by Crippen LogP contribution is -2.40. The zero-order valence-electron chi connectivity index (χ0n) is 17.8. The summed E-state index contributed by atoms with van der Waals surface area (Å²) in [5, 5.41) is 13.7. The lowest BCUT2D eigenvalue weighted by Gasteiger charge is -2.21. The predicted octanol–water partition coefficient (Wildman–Crippen LogP) is 2.90. The highest BCUT2D eigenvalue weighted by atomic mass is 32.2. The Morgan fingerprint density at radius 1 is 1.19 bits per heavy atom. The molecule has 0 aliphatic carbocycles. The molecule has 2 rings (SSSR count). The van der Waals surface area contributed by atoms with E-state index >= 15 is 0 Å². The number of nitro groups is 1. The normalized spacial score (nSPS) is 11.2. The van der Waals surface area contributed by atoms with Crippen molar-refractivity contribution in [2.45, 2.75) is 32.8 Å². The zero-order chi connectivity index (χ0) is 23.0. The van der Waals surface area contributed by atoms with E-state index in [1.54, 1.807) is 0 Å². The Labute approximate surface area is 182 Å². The van der Waals surface area contributed by atoms with Gasteiger partial charge in [-0.3, -0.25) is 19.2 Å². The number of rotatable bonds is 11. The molecule has 1 N–H and O–H groups in total. The van der Waals surface area contributed by atoms with Crippen molar-refractivity contribution in [2.75, 3.05) is 23.7 Å². The highest BCUT2D eigenvalue weighted by molar-refractivity contribution is 7.92. The number of anilines is 1. The van der Waals surface area contributed by atoms with Gasteiger partial charge in [-0.25, -0.2) is 8.42 Å². The Hall–Kier alpha value is -3.14. The predicted molar refractivity (Wildman–Crippen MR) is 119 cm³/mol. The van der Waals surface area contributed by atoms with Crippen LogP contribution in [0, 0.1) is 10.1 Å². The second-order valence-corrected chi connectivity index (χ2v) is 9.22. The molecular formula is C21H27N3O6S. The van der Waals surface area contributed by atoms with Gasteiger partial charge >= 0.3 is 0 Å². The van der Waals surface area contributed by atoms with Crippen molar-refractivity contribution in [3.05, 3.63) is 64.2 Å². The van der Waals surface area contributed by atoms with Crippen molar-refractivity contribution in [2.24, 2.45) is 0 Å². The van der Waals surface area contributed by atoms with Crippen molar-refractivity contribution in [1.82, 2.24) is 5.32 Å². The topological polar surface area (TPSA) is 119 Å². The maximum atomic E-state index is 12.3. The number of nitro benzene ring substituents is 1. The largest absolute Gasteiger partial charge is 0.491 e. The Balaban J connectivity index is 1.89. The summed E-state index contributed by atoms with van der Waals surface area (Å²) in [5.41, 5.74) is 0.909. The average molecular weight is 450 g/mol. The first kappa shape index (κ1) is 24.1. The molecule has 10 heteroatoms. The van der Waals surface area contributed by atoms with E-state index in [-0.39, 0.29) is 17.5 Å². The van der Waals surface area contributed by atoms with Gasteiger partial charge in [0.1, 0.15) is 12.3 Å². The molecule has 2 aromatic rings. The van der Waals surface area contributed by atoms with Crippen LogP contribution in [0.2, 0.25) is 0 Å². The molecule has 1 amide bonds. The van der Waals surface area contributed by atoms with Crippen LogP contribution in [-0.2, 0) is 21.2 Å². The van der Waals surface area contributed by atoms with Gasteiger partial charge < -0.3 is 10.1 Å². The first-order valence-corrected chi connectivity index (χ1v) is 11.7. The van der Waals surface area contributed by atoms with E-state index in [2.05, 4.69) is 5.32 Å². The second kappa shape index (κ2) is 10.8. The molecule has 0 unspecified atom stereocenters. The van der Waals surface area contributed by atoms with Crippen molar-refractivity contribution in [3.8, 4) is 5.75 Å². The van der Waals surface area contributed by atoms with Gasteiger partial charge in [0.05, 0.1) is 23.0 Å². The summed E-state index contributed by atoms with van der Waals surface area (Å²) in [5.74, 6) is 0.312. The van der Waals surface area contributed by atoms with Crippen LogP contribution in [0.15, 0.2) is 48.5 Å². The molecule has 0 saturated heterocycles. The Kier molecular flexibility index (Phi) is 8.38. The maximum absolute atomic E-state index is 12.3. The average Bonchev–Trinajstić information content (AvgIpc) is 2.69. The summed E-state index contributed by atoms with van der Waals surface area (Å²) >= 11 is 0. The Bertz CT molecular complexity index is 1010. The summed E-state index contributed by atoms with van der Waals surface area (Å²) in [4.78, 5) is 22.6. The van der Waals surface area contributed by atoms with Gasteiger partial charge in [0, 0.05) is 18.7 Å². The summed E-state index contributed by atoms with van der Waals surface area (Å²) in [6, 6.07) is 12.9. The lowest BCUT2D eigenvalue weighted by atomic mass is 10.1. The molecule has 0 aromatic heterocycles. The molecule has 0 heterocycles. The summed E-state index contributed by atoms with van der Waals surface area (Å²) < 4.78 is 30.7. The molecular weight excluding hydrogens is 422 g/mol. The Morgan fingerprint density at radius 2 is 1.87 bits per heavy atom. The monoisotopic (exact) mass is 449 g/mol. The minimum atomic E-state index is -3.80. The smallest absolute Gasteiger partial charge is 0.271 e. The van der Waals surface area contributed by atoms with Crippen molar-refractivity contribution in [3.63, 3.8) is 0 Å². The number of nitrogens with one attached hydrogen (secondary N) is 1. The lowest BCUT2D eigenvalue weighted by molar-refractivity contribution is -0.384.